The number of aromatic nitrogens is 2. The van der Waals surface area contributed by atoms with E-state index in [0.717, 1.165) is 0 Å². The van der Waals surface area contributed by atoms with Crippen LogP contribution in [0.3, 0.4) is 0 Å². The number of anilines is 1. The first-order valence-corrected chi connectivity index (χ1v) is 5.38. The van der Waals surface area contributed by atoms with Gasteiger partial charge in [-0.3, -0.25) is 10.1 Å². The molecule has 0 saturated carbocycles. The second-order valence-electron chi connectivity index (χ2n) is 3.63. The lowest BCUT2D eigenvalue weighted by Gasteiger charge is -2.26. The minimum atomic E-state index is -0.370. The zero-order valence-corrected chi connectivity index (χ0v) is 9.84. The third-order valence-electron chi connectivity index (χ3n) is 2.38. The van der Waals surface area contributed by atoms with Gasteiger partial charge < -0.3 is 15.0 Å². The molecule has 18 heavy (non-hydrogen) atoms. The van der Waals surface area contributed by atoms with Gasteiger partial charge in [0.15, 0.2) is 0 Å². The maximum atomic E-state index is 11.8. The van der Waals surface area contributed by atoms with Crippen molar-refractivity contribution < 1.29 is 14.3 Å². The fraction of sp³-hybridized carbons (Fsp3) is 0.400. The van der Waals surface area contributed by atoms with E-state index in [0.29, 0.717) is 18.9 Å². The molecule has 1 fully saturated rings. The van der Waals surface area contributed by atoms with E-state index in [1.165, 1.54) is 18.2 Å². The molecule has 2 rings (SSSR count). The molecule has 1 aliphatic heterocycles. The normalized spacial score (nSPS) is 14.9. The van der Waals surface area contributed by atoms with Crippen LogP contribution in [0.1, 0.15) is 0 Å². The number of ether oxygens (including phenoxy) is 1. The predicted molar refractivity (Wildman–Crippen MR) is 62.2 cm³/mol. The number of amides is 3. The van der Waals surface area contributed by atoms with Crippen LogP contribution < -0.4 is 15.4 Å². The van der Waals surface area contributed by atoms with E-state index in [2.05, 4.69) is 20.6 Å². The van der Waals surface area contributed by atoms with Crippen LogP contribution in [0.15, 0.2) is 12.3 Å². The molecule has 0 spiro atoms. The SMILES string of the molecule is COc1nccc(NC(=O)N2CCNC(=O)C2)n1. The lowest BCUT2D eigenvalue weighted by Crippen LogP contribution is -2.51. The Morgan fingerprint density at radius 3 is 3.17 bits per heavy atom. The maximum Gasteiger partial charge on any atom is 0.323 e. The van der Waals surface area contributed by atoms with E-state index in [-0.39, 0.29) is 24.5 Å². The summed E-state index contributed by atoms with van der Waals surface area (Å²) in [6.45, 7) is 0.979. The monoisotopic (exact) mass is 251 g/mol. The molecule has 1 saturated heterocycles. The molecule has 0 radical (unpaired) electrons. The Hall–Kier alpha value is -2.38. The molecule has 3 amide bonds. The van der Waals surface area contributed by atoms with Gasteiger partial charge >= 0.3 is 12.0 Å². The zero-order chi connectivity index (χ0) is 13.0. The van der Waals surface area contributed by atoms with Gasteiger partial charge in [-0.2, -0.15) is 4.98 Å². The van der Waals surface area contributed by atoms with Gasteiger partial charge in [0, 0.05) is 19.3 Å². The van der Waals surface area contributed by atoms with Crippen molar-refractivity contribution in [1.82, 2.24) is 20.2 Å². The number of methoxy groups -OCH3 is 1. The van der Waals surface area contributed by atoms with E-state index in [9.17, 15) is 9.59 Å². The fourth-order valence-electron chi connectivity index (χ4n) is 1.51. The number of hydrogen-bond donors (Lipinski definition) is 2. The van der Waals surface area contributed by atoms with Crippen molar-refractivity contribution in [2.75, 3.05) is 32.1 Å². The first kappa shape index (κ1) is 12.1. The van der Waals surface area contributed by atoms with Crippen LogP contribution in [0.4, 0.5) is 10.6 Å². The summed E-state index contributed by atoms with van der Waals surface area (Å²) in [5.74, 6) is 0.162. The number of nitrogens with one attached hydrogen (secondary N) is 2. The topological polar surface area (TPSA) is 96.5 Å². The number of piperazine rings is 1. The summed E-state index contributed by atoms with van der Waals surface area (Å²) in [7, 11) is 1.44. The van der Waals surface area contributed by atoms with Crippen LogP contribution in [0.2, 0.25) is 0 Å². The van der Waals surface area contributed by atoms with Crippen molar-refractivity contribution in [3.05, 3.63) is 12.3 Å². The number of carbonyl (C=O) groups excluding carboxylic acids is 2. The van der Waals surface area contributed by atoms with Gasteiger partial charge in [0.05, 0.1) is 7.11 Å². The molecule has 8 nitrogen and oxygen atoms in total. The molecule has 0 aliphatic carbocycles. The van der Waals surface area contributed by atoms with Crippen molar-refractivity contribution in [2.45, 2.75) is 0 Å². The van der Waals surface area contributed by atoms with E-state index in [1.54, 1.807) is 6.07 Å². The van der Waals surface area contributed by atoms with Crippen molar-refractivity contribution in [2.24, 2.45) is 0 Å². The van der Waals surface area contributed by atoms with Gasteiger partial charge in [-0.05, 0) is 6.07 Å². The maximum absolute atomic E-state index is 11.8. The van der Waals surface area contributed by atoms with E-state index in [4.69, 9.17) is 4.74 Å². The van der Waals surface area contributed by atoms with E-state index < -0.39 is 0 Å². The molecule has 2 heterocycles. The zero-order valence-electron chi connectivity index (χ0n) is 9.84. The number of rotatable bonds is 2. The minimum absolute atomic E-state index is 0.0497. The number of hydrogen-bond acceptors (Lipinski definition) is 5. The highest BCUT2D eigenvalue weighted by Gasteiger charge is 2.21. The van der Waals surface area contributed by atoms with Gasteiger partial charge in [-0.15, -0.1) is 0 Å². The molecule has 2 N–H and O–H groups in total. The second-order valence-corrected chi connectivity index (χ2v) is 3.63. The standard InChI is InChI=1S/C10H13N5O3/c1-18-9-12-3-2-7(13-9)14-10(17)15-5-4-11-8(16)6-15/h2-3H,4-6H2,1H3,(H,11,16)(H,12,13,14,17). The van der Waals surface area contributed by atoms with Crippen LogP contribution >= 0.6 is 0 Å². The molecule has 96 valence electrons. The van der Waals surface area contributed by atoms with Crippen LogP contribution in [-0.2, 0) is 4.79 Å². The summed E-state index contributed by atoms with van der Waals surface area (Å²) >= 11 is 0. The van der Waals surface area contributed by atoms with Gasteiger partial charge in [-0.1, -0.05) is 0 Å². The van der Waals surface area contributed by atoms with Crippen molar-refractivity contribution in [1.29, 1.82) is 0 Å². The Morgan fingerprint density at radius 2 is 2.44 bits per heavy atom. The molecular weight excluding hydrogens is 238 g/mol. The number of urea groups is 1. The van der Waals surface area contributed by atoms with Crippen molar-refractivity contribution in [3.63, 3.8) is 0 Å². The number of nitrogens with zero attached hydrogens (tertiary/aromatic N) is 3. The highest BCUT2D eigenvalue weighted by molar-refractivity contribution is 5.92. The quantitative estimate of drug-likeness (QED) is 0.735. The molecule has 1 aliphatic rings. The Bertz CT molecular complexity index is 465. The van der Waals surface area contributed by atoms with Crippen molar-refractivity contribution in [3.8, 4) is 6.01 Å². The summed E-state index contributed by atoms with van der Waals surface area (Å²) in [5.41, 5.74) is 0. The Morgan fingerprint density at radius 1 is 1.61 bits per heavy atom. The van der Waals surface area contributed by atoms with Crippen LogP contribution in [0.5, 0.6) is 6.01 Å². The first-order valence-electron chi connectivity index (χ1n) is 5.38. The van der Waals surface area contributed by atoms with Gasteiger partial charge in [-0.25, -0.2) is 9.78 Å². The Balaban J connectivity index is 1.99. The van der Waals surface area contributed by atoms with E-state index in [1.807, 2.05) is 0 Å². The average Bonchev–Trinajstić information content (AvgIpc) is 2.39. The summed E-state index contributed by atoms with van der Waals surface area (Å²) < 4.78 is 4.85. The molecule has 0 aromatic carbocycles. The molecule has 8 heteroatoms. The highest BCUT2D eigenvalue weighted by atomic mass is 16.5. The molecular formula is C10H13N5O3. The average molecular weight is 251 g/mol. The predicted octanol–water partition coefficient (Wildman–Crippen LogP) is -0.551. The molecule has 0 unspecified atom stereocenters. The van der Waals surface area contributed by atoms with Crippen molar-refractivity contribution >= 4 is 17.8 Å². The fourth-order valence-corrected chi connectivity index (χ4v) is 1.51. The van der Waals surface area contributed by atoms with Gasteiger partial charge in [0.2, 0.25) is 5.91 Å². The molecule has 1 aromatic heterocycles. The number of carbonyl (C=O) groups is 2. The van der Waals surface area contributed by atoms with Crippen LogP contribution in [0, 0.1) is 0 Å². The van der Waals surface area contributed by atoms with Crippen LogP contribution in [0.25, 0.3) is 0 Å². The third kappa shape index (κ3) is 2.84. The Kier molecular flexibility index (Phi) is 3.56. The summed E-state index contributed by atoms with van der Waals surface area (Å²) in [6.07, 6.45) is 1.48. The molecule has 1 aromatic rings. The minimum Gasteiger partial charge on any atom is -0.467 e. The lowest BCUT2D eigenvalue weighted by atomic mass is 10.4. The smallest absolute Gasteiger partial charge is 0.323 e. The van der Waals surface area contributed by atoms with Gasteiger partial charge in [0.1, 0.15) is 12.4 Å². The summed E-state index contributed by atoms with van der Waals surface area (Å²) in [6, 6.07) is 1.35. The van der Waals surface area contributed by atoms with Crippen LogP contribution in [-0.4, -0.2) is 53.6 Å². The highest BCUT2D eigenvalue weighted by Crippen LogP contribution is 2.08. The first-order chi connectivity index (χ1) is 8.69. The molecule has 0 atom stereocenters. The lowest BCUT2D eigenvalue weighted by molar-refractivity contribution is -0.123. The third-order valence-corrected chi connectivity index (χ3v) is 2.38. The summed E-state index contributed by atoms with van der Waals surface area (Å²) in [5, 5.41) is 5.23. The summed E-state index contributed by atoms with van der Waals surface area (Å²) in [4.78, 5) is 32.2. The Labute approximate surface area is 103 Å². The van der Waals surface area contributed by atoms with Gasteiger partial charge in [0.25, 0.3) is 0 Å². The second kappa shape index (κ2) is 5.30. The van der Waals surface area contributed by atoms with E-state index >= 15 is 0 Å². The largest absolute Gasteiger partial charge is 0.467 e. The molecule has 0 bridgehead atoms.